The summed E-state index contributed by atoms with van der Waals surface area (Å²) in [4.78, 5) is 24.6. The van der Waals surface area contributed by atoms with E-state index in [0.717, 1.165) is 25.2 Å². The zero-order valence-corrected chi connectivity index (χ0v) is 12.4. The summed E-state index contributed by atoms with van der Waals surface area (Å²) in [5, 5.41) is 0. The van der Waals surface area contributed by atoms with Crippen LogP contribution < -0.4 is 10.9 Å². The first-order valence-electron chi connectivity index (χ1n) is 7.35. The maximum atomic E-state index is 12.0. The van der Waals surface area contributed by atoms with Crippen LogP contribution in [0.25, 0.3) is 0 Å². The largest absolute Gasteiger partial charge is 0.472 e. The number of nitrogens with one attached hydrogen (secondary N) is 2. The average Bonchev–Trinajstić information content (AvgIpc) is 2.53. The molecule has 126 valence electrons. The van der Waals surface area contributed by atoms with E-state index in [9.17, 15) is 22.8 Å². The first kappa shape index (κ1) is 17.3. The van der Waals surface area contributed by atoms with Crippen LogP contribution in [-0.4, -0.2) is 36.0 Å². The molecule has 1 fully saturated rings. The van der Waals surface area contributed by atoms with Gasteiger partial charge in [0.1, 0.15) is 0 Å². The highest BCUT2D eigenvalue weighted by Crippen LogP contribution is 2.14. The van der Waals surface area contributed by atoms with E-state index in [4.69, 9.17) is 0 Å². The molecule has 1 aromatic rings. The third-order valence-corrected chi connectivity index (χ3v) is 3.62. The number of rotatable bonds is 3. The Kier molecular flexibility index (Phi) is 5.59. The van der Waals surface area contributed by atoms with Crippen LogP contribution in [-0.2, 0) is 11.3 Å². The number of piperidine rings is 1. The van der Waals surface area contributed by atoms with E-state index in [1.165, 1.54) is 36.8 Å². The Labute approximate surface area is 131 Å². The van der Waals surface area contributed by atoms with Crippen molar-refractivity contribution in [1.29, 1.82) is 0 Å². The van der Waals surface area contributed by atoms with Crippen molar-refractivity contribution in [3.63, 3.8) is 0 Å². The maximum absolute atomic E-state index is 12.0. The van der Waals surface area contributed by atoms with Gasteiger partial charge < -0.3 is 0 Å². The van der Waals surface area contributed by atoms with Gasteiger partial charge in [-0.2, -0.15) is 13.2 Å². The summed E-state index contributed by atoms with van der Waals surface area (Å²) >= 11 is 0. The number of benzene rings is 1. The molecule has 0 bridgehead atoms. The highest BCUT2D eigenvalue weighted by molar-refractivity contribution is 5.95. The van der Waals surface area contributed by atoms with Crippen molar-refractivity contribution in [2.75, 3.05) is 13.1 Å². The third-order valence-electron chi connectivity index (χ3n) is 3.62. The molecule has 2 amide bonds. The lowest BCUT2D eigenvalue weighted by Crippen LogP contribution is -2.47. The predicted molar refractivity (Wildman–Crippen MR) is 77.2 cm³/mol. The number of nitrogens with zero attached hydrogens (tertiary/aromatic N) is 1. The van der Waals surface area contributed by atoms with Crippen molar-refractivity contribution >= 4 is 11.8 Å². The van der Waals surface area contributed by atoms with Crippen LogP contribution in [0.4, 0.5) is 13.2 Å². The number of carbonyl (C=O) groups excluding carboxylic acids is 2. The standard InChI is InChI=1S/C15H18F3N3O2/c16-15(17,18)14(23)20-19-13(22)12-6-4-11(5-7-12)10-21-8-2-1-3-9-21/h4-7H,1-3,8-10H2,(H,19,22)(H,20,23). The first-order chi connectivity index (χ1) is 10.9. The second kappa shape index (κ2) is 7.45. The molecule has 1 aliphatic rings. The van der Waals surface area contributed by atoms with Crippen molar-refractivity contribution in [2.24, 2.45) is 0 Å². The quantitative estimate of drug-likeness (QED) is 0.834. The van der Waals surface area contributed by atoms with Gasteiger partial charge in [0.2, 0.25) is 0 Å². The highest BCUT2D eigenvalue weighted by atomic mass is 19.4. The molecule has 1 aromatic carbocycles. The van der Waals surface area contributed by atoms with Gasteiger partial charge in [0.15, 0.2) is 0 Å². The molecule has 23 heavy (non-hydrogen) atoms. The summed E-state index contributed by atoms with van der Waals surface area (Å²) in [5.74, 6) is -3.01. The van der Waals surface area contributed by atoms with Crippen molar-refractivity contribution in [1.82, 2.24) is 15.8 Å². The van der Waals surface area contributed by atoms with Crippen molar-refractivity contribution < 1.29 is 22.8 Å². The molecule has 8 heteroatoms. The summed E-state index contributed by atoms with van der Waals surface area (Å²) in [6.07, 6.45) is -1.43. The molecule has 1 aliphatic heterocycles. The number of hydrogen-bond donors (Lipinski definition) is 2. The minimum atomic E-state index is -5.04. The van der Waals surface area contributed by atoms with Gasteiger partial charge in [-0.1, -0.05) is 18.6 Å². The maximum Gasteiger partial charge on any atom is 0.472 e. The molecule has 5 nitrogen and oxygen atoms in total. The fraction of sp³-hybridized carbons (Fsp3) is 0.467. The number of amides is 2. The molecule has 0 aromatic heterocycles. The van der Waals surface area contributed by atoms with Gasteiger partial charge in [0.05, 0.1) is 0 Å². The van der Waals surface area contributed by atoms with E-state index in [2.05, 4.69) is 4.90 Å². The fourth-order valence-electron chi connectivity index (χ4n) is 2.39. The zero-order valence-electron chi connectivity index (χ0n) is 12.4. The van der Waals surface area contributed by atoms with Gasteiger partial charge in [-0.15, -0.1) is 0 Å². The summed E-state index contributed by atoms with van der Waals surface area (Å²) in [6.45, 7) is 2.88. The van der Waals surface area contributed by atoms with Gasteiger partial charge in [0.25, 0.3) is 5.91 Å². The van der Waals surface area contributed by atoms with Crippen LogP contribution in [0.15, 0.2) is 24.3 Å². The minimum Gasteiger partial charge on any atom is -0.299 e. The lowest BCUT2D eigenvalue weighted by Gasteiger charge is -2.26. The predicted octanol–water partition coefficient (Wildman–Crippen LogP) is 2.00. The molecule has 0 spiro atoms. The Morgan fingerprint density at radius 1 is 1.00 bits per heavy atom. The topological polar surface area (TPSA) is 61.4 Å². The van der Waals surface area contributed by atoms with Gasteiger partial charge in [-0.3, -0.25) is 25.3 Å². The number of carbonyl (C=O) groups is 2. The molecular formula is C15H18F3N3O2. The van der Waals surface area contributed by atoms with Crippen LogP contribution in [0.2, 0.25) is 0 Å². The average molecular weight is 329 g/mol. The summed E-state index contributed by atoms with van der Waals surface area (Å²) in [6, 6.07) is 6.56. The van der Waals surface area contributed by atoms with Gasteiger partial charge in [-0.05, 0) is 43.6 Å². The monoisotopic (exact) mass is 329 g/mol. The van der Waals surface area contributed by atoms with E-state index in [1.807, 2.05) is 0 Å². The van der Waals surface area contributed by atoms with Gasteiger partial charge in [-0.25, -0.2) is 0 Å². The molecule has 0 atom stereocenters. The van der Waals surface area contributed by atoms with E-state index in [0.29, 0.717) is 0 Å². The molecule has 0 radical (unpaired) electrons. The van der Waals surface area contributed by atoms with Gasteiger partial charge >= 0.3 is 12.1 Å². The first-order valence-corrected chi connectivity index (χ1v) is 7.35. The number of hydrogen-bond acceptors (Lipinski definition) is 3. The molecule has 0 unspecified atom stereocenters. The van der Waals surface area contributed by atoms with Crippen LogP contribution in [0.1, 0.15) is 35.2 Å². The Bertz CT molecular complexity index is 552. The smallest absolute Gasteiger partial charge is 0.299 e. The SMILES string of the molecule is O=C(NNC(=O)C(F)(F)F)c1ccc(CN2CCCCC2)cc1. The Balaban J connectivity index is 1.86. The van der Waals surface area contributed by atoms with Crippen LogP contribution in [0, 0.1) is 0 Å². The van der Waals surface area contributed by atoms with Crippen molar-refractivity contribution in [3.05, 3.63) is 35.4 Å². The van der Waals surface area contributed by atoms with Crippen molar-refractivity contribution in [2.45, 2.75) is 32.0 Å². The molecule has 1 saturated heterocycles. The number of likely N-dealkylation sites (tertiary alicyclic amines) is 1. The fourth-order valence-corrected chi connectivity index (χ4v) is 2.39. The van der Waals surface area contributed by atoms with Crippen LogP contribution in [0.3, 0.4) is 0 Å². The van der Waals surface area contributed by atoms with Crippen LogP contribution in [0.5, 0.6) is 0 Å². The Morgan fingerprint density at radius 3 is 2.17 bits per heavy atom. The molecule has 0 aliphatic carbocycles. The molecule has 2 rings (SSSR count). The highest BCUT2D eigenvalue weighted by Gasteiger charge is 2.38. The van der Waals surface area contributed by atoms with E-state index in [-0.39, 0.29) is 5.56 Å². The Hall–Kier alpha value is -2.09. The molecule has 0 saturated carbocycles. The summed E-state index contributed by atoms with van der Waals surface area (Å²) in [5.41, 5.74) is 4.27. The van der Waals surface area contributed by atoms with Crippen molar-refractivity contribution in [3.8, 4) is 0 Å². The Morgan fingerprint density at radius 2 is 1.61 bits per heavy atom. The van der Waals surface area contributed by atoms with Gasteiger partial charge in [0, 0.05) is 12.1 Å². The summed E-state index contributed by atoms with van der Waals surface area (Å²) < 4.78 is 36.0. The zero-order chi connectivity index (χ0) is 16.9. The second-order valence-corrected chi connectivity index (χ2v) is 5.44. The lowest BCUT2D eigenvalue weighted by molar-refractivity contribution is -0.174. The molecule has 1 heterocycles. The summed E-state index contributed by atoms with van der Waals surface area (Å²) in [7, 11) is 0. The lowest BCUT2D eigenvalue weighted by atomic mass is 10.1. The van der Waals surface area contributed by atoms with E-state index >= 15 is 0 Å². The molecular weight excluding hydrogens is 311 g/mol. The molecule has 2 N–H and O–H groups in total. The van der Waals surface area contributed by atoms with Crippen LogP contribution >= 0.6 is 0 Å². The minimum absolute atomic E-state index is 0.176. The number of alkyl halides is 3. The normalized spacial score (nSPS) is 16.0. The second-order valence-electron chi connectivity index (χ2n) is 5.44. The third kappa shape index (κ3) is 5.24. The van der Waals surface area contributed by atoms with E-state index in [1.54, 1.807) is 17.6 Å². The number of halogens is 3. The number of hydrazine groups is 1. The van der Waals surface area contributed by atoms with E-state index < -0.39 is 18.0 Å².